The molecule has 8 nitrogen and oxygen atoms in total. The predicted octanol–water partition coefficient (Wildman–Crippen LogP) is 1.67. The number of nitrogens with one attached hydrogen (secondary N) is 1. The molecule has 0 aliphatic heterocycles. The highest BCUT2D eigenvalue weighted by Gasteiger charge is 2.21. The molecule has 1 unspecified atom stereocenters. The number of hydrogen-bond acceptors (Lipinski definition) is 6. The molecule has 2 heterocycles. The van der Waals surface area contributed by atoms with Crippen LogP contribution in [0.15, 0.2) is 42.7 Å². The maximum absolute atomic E-state index is 12.5. The average molecular weight is 373 g/mol. The Morgan fingerprint density at radius 3 is 2.69 bits per heavy atom. The second-order valence-electron chi connectivity index (χ2n) is 5.65. The first-order valence-electron chi connectivity index (χ1n) is 7.81. The van der Waals surface area contributed by atoms with Gasteiger partial charge in [0.2, 0.25) is 0 Å². The number of aryl methyl sites for hydroxylation is 1. The Hall–Kier alpha value is -2.97. The minimum absolute atomic E-state index is 0.00675. The number of amides is 1. The van der Waals surface area contributed by atoms with Crippen molar-refractivity contribution in [3.05, 3.63) is 64.7 Å². The molecule has 0 radical (unpaired) electrons. The molecule has 0 aliphatic rings. The van der Waals surface area contributed by atoms with Crippen molar-refractivity contribution in [1.82, 2.24) is 25.1 Å². The van der Waals surface area contributed by atoms with Crippen molar-refractivity contribution in [2.75, 3.05) is 12.3 Å². The second-order valence-corrected chi connectivity index (χ2v) is 6.01. The Balaban J connectivity index is 1.87. The normalized spacial score (nSPS) is 12.0. The van der Waals surface area contributed by atoms with Crippen LogP contribution in [0.5, 0.6) is 0 Å². The van der Waals surface area contributed by atoms with Gasteiger partial charge in [-0.3, -0.25) is 4.79 Å². The maximum Gasteiger partial charge on any atom is 0.274 e. The third kappa shape index (κ3) is 3.66. The third-order valence-electron chi connectivity index (χ3n) is 3.70. The van der Waals surface area contributed by atoms with Gasteiger partial charge >= 0.3 is 0 Å². The number of aliphatic hydroxyl groups excluding tert-OH is 1. The molecule has 1 aromatic carbocycles. The summed E-state index contributed by atoms with van der Waals surface area (Å²) in [4.78, 5) is 20.7. The van der Waals surface area contributed by atoms with E-state index >= 15 is 0 Å². The number of aliphatic hydroxyl groups is 1. The Labute approximate surface area is 154 Å². The van der Waals surface area contributed by atoms with Gasteiger partial charge in [-0.05, 0) is 18.1 Å². The molecule has 1 amide bonds. The van der Waals surface area contributed by atoms with Gasteiger partial charge in [-0.2, -0.15) is 5.10 Å². The van der Waals surface area contributed by atoms with Crippen molar-refractivity contribution in [1.29, 1.82) is 0 Å². The largest absolute Gasteiger partial charge is 0.394 e. The van der Waals surface area contributed by atoms with Crippen LogP contribution >= 0.6 is 11.6 Å². The summed E-state index contributed by atoms with van der Waals surface area (Å²) in [6, 6.07) is 8.47. The number of nitrogens with zero attached hydrogens (tertiary/aromatic N) is 4. The highest BCUT2D eigenvalue weighted by Crippen LogP contribution is 2.20. The van der Waals surface area contributed by atoms with E-state index in [2.05, 4.69) is 20.4 Å². The van der Waals surface area contributed by atoms with E-state index in [0.717, 1.165) is 11.1 Å². The van der Waals surface area contributed by atoms with Crippen molar-refractivity contribution >= 4 is 23.3 Å². The van der Waals surface area contributed by atoms with E-state index in [1.165, 1.54) is 4.68 Å². The van der Waals surface area contributed by atoms with Gasteiger partial charge in [-0.15, -0.1) is 0 Å². The number of aromatic nitrogens is 4. The molecule has 0 saturated heterocycles. The van der Waals surface area contributed by atoms with Crippen LogP contribution in [-0.2, 0) is 0 Å². The minimum Gasteiger partial charge on any atom is -0.394 e. The lowest BCUT2D eigenvalue weighted by molar-refractivity contribution is 0.0912. The lowest BCUT2D eigenvalue weighted by atomic mass is 10.1. The van der Waals surface area contributed by atoms with Crippen LogP contribution in [0.1, 0.15) is 27.7 Å². The van der Waals surface area contributed by atoms with Gasteiger partial charge in [0.1, 0.15) is 0 Å². The number of carbonyl (C=O) groups is 1. The van der Waals surface area contributed by atoms with Crippen molar-refractivity contribution in [2.24, 2.45) is 0 Å². The highest BCUT2D eigenvalue weighted by atomic mass is 35.5. The fraction of sp³-hybridized carbons (Fsp3) is 0.176. The van der Waals surface area contributed by atoms with Gasteiger partial charge in [0.25, 0.3) is 5.91 Å². The van der Waals surface area contributed by atoms with E-state index in [-0.39, 0.29) is 29.1 Å². The number of anilines is 1. The van der Waals surface area contributed by atoms with E-state index in [1.54, 1.807) is 24.5 Å². The lowest BCUT2D eigenvalue weighted by Gasteiger charge is -2.17. The van der Waals surface area contributed by atoms with Gasteiger partial charge in [0.15, 0.2) is 22.5 Å². The number of benzene rings is 1. The third-order valence-corrected chi connectivity index (χ3v) is 3.95. The van der Waals surface area contributed by atoms with E-state index in [9.17, 15) is 9.90 Å². The number of hydrogen-bond donors (Lipinski definition) is 3. The Kier molecular flexibility index (Phi) is 5.15. The lowest BCUT2D eigenvalue weighted by Crippen LogP contribution is -2.32. The molecule has 4 N–H and O–H groups in total. The summed E-state index contributed by atoms with van der Waals surface area (Å²) in [5.74, 6) is -0.432. The zero-order chi connectivity index (χ0) is 18.7. The predicted molar refractivity (Wildman–Crippen MR) is 97.0 cm³/mol. The molecule has 0 saturated carbocycles. The monoisotopic (exact) mass is 372 g/mol. The van der Waals surface area contributed by atoms with Gasteiger partial charge in [0.05, 0.1) is 18.8 Å². The number of nitrogens with two attached hydrogens (primary N) is 1. The van der Waals surface area contributed by atoms with Crippen LogP contribution in [0.25, 0.3) is 5.82 Å². The fourth-order valence-electron chi connectivity index (χ4n) is 2.41. The summed E-state index contributed by atoms with van der Waals surface area (Å²) in [6.45, 7) is 1.59. The first kappa shape index (κ1) is 17.8. The topological polar surface area (TPSA) is 119 Å². The first-order valence-corrected chi connectivity index (χ1v) is 8.18. The van der Waals surface area contributed by atoms with Crippen LogP contribution < -0.4 is 11.1 Å². The summed E-state index contributed by atoms with van der Waals surface area (Å²) >= 11 is 6.16. The van der Waals surface area contributed by atoms with Crippen LogP contribution in [0, 0.1) is 6.92 Å². The zero-order valence-corrected chi connectivity index (χ0v) is 14.7. The van der Waals surface area contributed by atoms with Gasteiger partial charge in [0, 0.05) is 6.20 Å². The van der Waals surface area contributed by atoms with Crippen molar-refractivity contribution < 1.29 is 9.90 Å². The molecule has 1 atom stereocenters. The summed E-state index contributed by atoms with van der Waals surface area (Å²) in [7, 11) is 0. The smallest absolute Gasteiger partial charge is 0.274 e. The SMILES string of the molecule is Cc1cnn(-c2nc(N)c(C(=O)NC(CO)c3ccccc3)nc2Cl)c1. The summed E-state index contributed by atoms with van der Waals surface area (Å²) in [5, 5.41) is 16.4. The summed E-state index contributed by atoms with van der Waals surface area (Å²) in [6.07, 6.45) is 3.35. The minimum atomic E-state index is -0.600. The molecule has 0 bridgehead atoms. The quantitative estimate of drug-likeness (QED) is 0.626. The molecule has 3 rings (SSSR count). The molecule has 0 aliphatic carbocycles. The van der Waals surface area contributed by atoms with Crippen molar-refractivity contribution in [3.8, 4) is 5.82 Å². The van der Waals surface area contributed by atoms with Crippen molar-refractivity contribution in [2.45, 2.75) is 13.0 Å². The fourth-order valence-corrected chi connectivity index (χ4v) is 2.62. The molecule has 2 aromatic heterocycles. The molecule has 0 fully saturated rings. The Bertz CT molecular complexity index is 928. The van der Waals surface area contributed by atoms with Gasteiger partial charge in [-0.25, -0.2) is 14.6 Å². The molecule has 9 heteroatoms. The van der Waals surface area contributed by atoms with E-state index in [1.807, 2.05) is 25.1 Å². The second kappa shape index (κ2) is 7.51. The first-order chi connectivity index (χ1) is 12.5. The standard InChI is InChI=1S/C17H17ClN6O2/c1-10-7-20-24(8-10)16-14(18)22-13(15(19)23-16)17(26)21-12(9-25)11-5-3-2-4-6-11/h2-8,12,25H,9H2,1H3,(H2,19,23)(H,21,26). The van der Waals surface area contributed by atoms with Gasteiger partial charge < -0.3 is 16.2 Å². The molecular weight excluding hydrogens is 356 g/mol. The summed E-state index contributed by atoms with van der Waals surface area (Å²) < 4.78 is 1.43. The Morgan fingerprint density at radius 2 is 2.08 bits per heavy atom. The number of nitrogen functional groups attached to an aromatic ring is 1. The van der Waals surface area contributed by atoms with Crippen LogP contribution in [0.2, 0.25) is 5.15 Å². The summed E-state index contributed by atoms with van der Waals surface area (Å²) in [5.41, 5.74) is 7.45. The van der Waals surface area contributed by atoms with Crippen LogP contribution in [-0.4, -0.2) is 37.4 Å². The number of rotatable bonds is 5. The van der Waals surface area contributed by atoms with E-state index in [0.29, 0.717) is 0 Å². The van der Waals surface area contributed by atoms with Gasteiger partial charge in [-0.1, -0.05) is 41.9 Å². The number of carbonyl (C=O) groups excluding carboxylic acids is 1. The zero-order valence-electron chi connectivity index (χ0n) is 13.9. The molecule has 0 spiro atoms. The molecule has 26 heavy (non-hydrogen) atoms. The van der Waals surface area contributed by atoms with Crippen LogP contribution in [0.3, 0.4) is 0 Å². The molecule has 3 aromatic rings. The molecule has 134 valence electrons. The Morgan fingerprint density at radius 1 is 1.35 bits per heavy atom. The van der Waals surface area contributed by atoms with Crippen molar-refractivity contribution in [3.63, 3.8) is 0 Å². The maximum atomic E-state index is 12.5. The molecular formula is C17H17ClN6O2. The number of halogens is 1. The highest BCUT2D eigenvalue weighted by molar-refractivity contribution is 6.31. The van der Waals surface area contributed by atoms with E-state index in [4.69, 9.17) is 17.3 Å². The average Bonchev–Trinajstić information content (AvgIpc) is 3.08. The van der Waals surface area contributed by atoms with E-state index < -0.39 is 11.9 Å². The van der Waals surface area contributed by atoms with Crippen LogP contribution in [0.4, 0.5) is 5.82 Å².